The van der Waals surface area contributed by atoms with E-state index in [1.54, 1.807) is 23.5 Å². The van der Waals surface area contributed by atoms with Gasteiger partial charge in [-0.15, -0.1) is 11.3 Å². The molecule has 1 N–H and O–H groups in total. The van der Waals surface area contributed by atoms with Crippen LogP contribution in [0.15, 0.2) is 53.9 Å². The number of carbonyl (C=O) groups excluding carboxylic acids is 1. The summed E-state index contributed by atoms with van der Waals surface area (Å²) >= 11 is 1.64. The minimum atomic E-state index is -0.258. The molecule has 22 heavy (non-hydrogen) atoms. The van der Waals surface area contributed by atoms with Crippen LogP contribution in [0.1, 0.15) is 15.9 Å². The summed E-state index contributed by atoms with van der Waals surface area (Å²) in [5.41, 5.74) is 1.23. The average molecular weight is 310 g/mol. The smallest absolute Gasteiger partial charge is 0.189 e. The number of thiophene rings is 1. The Balaban J connectivity index is 1.91. The third kappa shape index (κ3) is 2.73. The summed E-state index contributed by atoms with van der Waals surface area (Å²) in [5.74, 6) is 0.229. The van der Waals surface area contributed by atoms with Crippen molar-refractivity contribution >= 4 is 33.3 Å². The van der Waals surface area contributed by atoms with Crippen molar-refractivity contribution < 1.29 is 14.6 Å². The molecule has 1 aromatic heterocycles. The number of hydrogen-bond donors (Lipinski definition) is 1. The summed E-state index contributed by atoms with van der Waals surface area (Å²) in [6.45, 7) is 0. The largest absolute Gasteiger partial charge is 0.507 e. The van der Waals surface area contributed by atoms with Crippen LogP contribution in [0.25, 0.3) is 16.2 Å². The highest BCUT2D eigenvalue weighted by Gasteiger charge is 2.10. The molecule has 3 rings (SSSR count). The second-order valence-corrected chi connectivity index (χ2v) is 5.68. The van der Waals surface area contributed by atoms with Crippen molar-refractivity contribution in [2.75, 3.05) is 7.11 Å². The van der Waals surface area contributed by atoms with Gasteiger partial charge in [0.25, 0.3) is 0 Å². The van der Waals surface area contributed by atoms with E-state index in [1.807, 2.05) is 29.6 Å². The summed E-state index contributed by atoms with van der Waals surface area (Å²) in [5, 5.41) is 13.0. The lowest BCUT2D eigenvalue weighted by Gasteiger charge is -2.04. The number of ketones is 1. The molecule has 0 aliphatic heterocycles. The second-order valence-electron chi connectivity index (χ2n) is 4.77. The number of ether oxygens (including phenoxy) is 1. The van der Waals surface area contributed by atoms with E-state index in [-0.39, 0.29) is 17.1 Å². The van der Waals surface area contributed by atoms with Crippen LogP contribution < -0.4 is 4.74 Å². The maximum Gasteiger partial charge on any atom is 0.189 e. The fourth-order valence-electron chi connectivity index (χ4n) is 2.22. The number of phenolic OH excluding ortho intramolecular Hbond substituents is 1. The molecule has 0 spiro atoms. The maximum absolute atomic E-state index is 12.3. The van der Waals surface area contributed by atoms with Crippen molar-refractivity contribution in [3.05, 3.63) is 65.0 Å². The Kier molecular flexibility index (Phi) is 3.94. The van der Waals surface area contributed by atoms with Crippen LogP contribution in [0.4, 0.5) is 0 Å². The quantitative estimate of drug-likeness (QED) is 0.569. The SMILES string of the molecule is COc1ccc(O)c(C(=O)/C=C/c2csc3ccccc23)c1. The summed E-state index contributed by atoms with van der Waals surface area (Å²) in [4.78, 5) is 12.3. The molecule has 0 fully saturated rings. The Morgan fingerprint density at radius 1 is 1.23 bits per heavy atom. The van der Waals surface area contributed by atoms with Gasteiger partial charge in [0.15, 0.2) is 5.78 Å². The topological polar surface area (TPSA) is 46.5 Å². The predicted molar refractivity (Wildman–Crippen MR) is 89.8 cm³/mol. The molecule has 110 valence electrons. The highest BCUT2D eigenvalue weighted by atomic mass is 32.1. The van der Waals surface area contributed by atoms with Gasteiger partial charge in [0, 0.05) is 4.70 Å². The van der Waals surface area contributed by atoms with E-state index in [0.717, 1.165) is 10.9 Å². The van der Waals surface area contributed by atoms with Crippen LogP contribution in [0.5, 0.6) is 11.5 Å². The summed E-state index contributed by atoms with van der Waals surface area (Å²) in [7, 11) is 1.52. The Labute approximate surface area is 132 Å². The molecular formula is C18H14O3S. The lowest BCUT2D eigenvalue weighted by Crippen LogP contribution is -1.96. The van der Waals surface area contributed by atoms with Crippen molar-refractivity contribution in [1.29, 1.82) is 0 Å². The number of rotatable bonds is 4. The van der Waals surface area contributed by atoms with Crippen LogP contribution in [-0.2, 0) is 0 Å². The molecule has 0 aliphatic carbocycles. The predicted octanol–water partition coefficient (Wildman–Crippen LogP) is 4.51. The van der Waals surface area contributed by atoms with Crippen molar-refractivity contribution in [2.24, 2.45) is 0 Å². The number of fused-ring (bicyclic) bond motifs is 1. The number of hydrogen-bond acceptors (Lipinski definition) is 4. The average Bonchev–Trinajstić information content (AvgIpc) is 2.96. The monoisotopic (exact) mass is 310 g/mol. The lowest BCUT2D eigenvalue weighted by molar-refractivity contribution is 0.104. The standard InChI is InChI=1S/C18H14O3S/c1-21-13-7-9-17(20)15(10-13)16(19)8-6-12-11-22-18-5-3-2-4-14(12)18/h2-11,20H,1H3/b8-6+. The van der Waals surface area contributed by atoms with Gasteiger partial charge in [0.2, 0.25) is 0 Å². The highest BCUT2D eigenvalue weighted by molar-refractivity contribution is 7.17. The zero-order valence-electron chi connectivity index (χ0n) is 11.9. The Morgan fingerprint density at radius 2 is 2.05 bits per heavy atom. The zero-order valence-corrected chi connectivity index (χ0v) is 12.8. The molecule has 0 amide bonds. The van der Waals surface area contributed by atoms with E-state index in [1.165, 1.54) is 30.0 Å². The van der Waals surface area contributed by atoms with Gasteiger partial charge in [-0.25, -0.2) is 0 Å². The van der Waals surface area contributed by atoms with Gasteiger partial charge in [0.1, 0.15) is 11.5 Å². The first kappa shape index (κ1) is 14.4. The summed E-state index contributed by atoms with van der Waals surface area (Å²) in [6, 6.07) is 12.6. The molecule has 3 nitrogen and oxygen atoms in total. The molecular weight excluding hydrogens is 296 g/mol. The summed E-state index contributed by atoms with van der Waals surface area (Å²) in [6.07, 6.45) is 3.25. The van der Waals surface area contributed by atoms with Crippen LogP contribution in [-0.4, -0.2) is 18.0 Å². The van der Waals surface area contributed by atoms with Gasteiger partial charge in [-0.2, -0.15) is 0 Å². The molecule has 3 aromatic rings. The van der Waals surface area contributed by atoms with Crippen molar-refractivity contribution in [1.82, 2.24) is 0 Å². The first-order valence-corrected chi connectivity index (χ1v) is 7.62. The molecule has 4 heteroatoms. The van der Waals surface area contributed by atoms with E-state index in [0.29, 0.717) is 5.75 Å². The Bertz CT molecular complexity index is 862. The van der Waals surface area contributed by atoms with Gasteiger partial charge in [-0.05, 0) is 52.7 Å². The number of phenols is 1. The molecule has 0 unspecified atom stereocenters. The molecule has 0 radical (unpaired) electrons. The van der Waals surface area contributed by atoms with E-state index in [2.05, 4.69) is 0 Å². The van der Waals surface area contributed by atoms with E-state index >= 15 is 0 Å². The molecule has 0 aliphatic rings. The third-order valence-corrected chi connectivity index (χ3v) is 4.38. The minimum absolute atomic E-state index is 0.0503. The first-order valence-electron chi connectivity index (χ1n) is 6.74. The van der Waals surface area contributed by atoms with Crippen LogP contribution >= 0.6 is 11.3 Å². The fraction of sp³-hybridized carbons (Fsp3) is 0.0556. The number of allylic oxidation sites excluding steroid dienone is 1. The highest BCUT2D eigenvalue weighted by Crippen LogP contribution is 2.27. The molecule has 0 bridgehead atoms. The number of aromatic hydroxyl groups is 1. The number of methoxy groups -OCH3 is 1. The third-order valence-electron chi connectivity index (χ3n) is 3.39. The van der Waals surface area contributed by atoms with Gasteiger partial charge in [-0.1, -0.05) is 18.2 Å². The van der Waals surface area contributed by atoms with Gasteiger partial charge < -0.3 is 9.84 Å². The van der Waals surface area contributed by atoms with E-state index < -0.39 is 0 Å². The first-order chi connectivity index (χ1) is 10.7. The maximum atomic E-state index is 12.3. The lowest BCUT2D eigenvalue weighted by atomic mass is 10.1. The molecule has 1 heterocycles. The zero-order chi connectivity index (χ0) is 15.5. The van der Waals surface area contributed by atoms with E-state index in [4.69, 9.17) is 4.74 Å². The van der Waals surface area contributed by atoms with Gasteiger partial charge >= 0.3 is 0 Å². The number of carbonyl (C=O) groups is 1. The van der Waals surface area contributed by atoms with Crippen molar-refractivity contribution in [3.63, 3.8) is 0 Å². The van der Waals surface area contributed by atoms with Crippen LogP contribution in [0, 0.1) is 0 Å². The molecule has 0 saturated carbocycles. The van der Waals surface area contributed by atoms with E-state index in [9.17, 15) is 9.90 Å². The molecule has 0 atom stereocenters. The van der Waals surface area contributed by atoms with Gasteiger partial charge in [-0.3, -0.25) is 4.79 Å². The molecule has 2 aromatic carbocycles. The van der Waals surface area contributed by atoms with Crippen LogP contribution in [0.2, 0.25) is 0 Å². The van der Waals surface area contributed by atoms with Crippen molar-refractivity contribution in [3.8, 4) is 11.5 Å². The molecule has 0 saturated heterocycles. The Hall–Kier alpha value is -2.59. The number of benzene rings is 2. The summed E-state index contributed by atoms with van der Waals surface area (Å²) < 4.78 is 6.26. The van der Waals surface area contributed by atoms with Crippen LogP contribution in [0.3, 0.4) is 0 Å². The fourth-order valence-corrected chi connectivity index (χ4v) is 3.15. The minimum Gasteiger partial charge on any atom is -0.507 e. The van der Waals surface area contributed by atoms with Gasteiger partial charge in [0.05, 0.1) is 12.7 Å². The second kappa shape index (κ2) is 6.03. The Morgan fingerprint density at radius 3 is 2.86 bits per heavy atom. The van der Waals surface area contributed by atoms with Crippen molar-refractivity contribution in [2.45, 2.75) is 0 Å². The normalized spacial score (nSPS) is 11.1.